The molecule has 0 spiro atoms. The lowest BCUT2D eigenvalue weighted by Gasteiger charge is -2.04. The lowest BCUT2D eigenvalue weighted by atomic mass is 10.1. The van der Waals surface area contributed by atoms with E-state index in [1.54, 1.807) is 0 Å². The van der Waals surface area contributed by atoms with Crippen molar-refractivity contribution in [1.82, 2.24) is 4.98 Å². The largest absolute Gasteiger partial charge is 0.481 e. The van der Waals surface area contributed by atoms with E-state index in [4.69, 9.17) is 9.29 Å². The average Bonchev–Trinajstić information content (AvgIpc) is 3.01. The molecule has 136 valence electrons. The van der Waals surface area contributed by atoms with Crippen molar-refractivity contribution in [3.8, 4) is 0 Å². The molecule has 0 atom stereocenters. The fraction of sp³-hybridized carbons (Fsp3) is 0.471. The summed E-state index contributed by atoms with van der Waals surface area (Å²) < 4.78 is 7.67. The third-order valence-electron chi connectivity index (χ3n) is 3.61. The maximum Gasteiger partial charge on any atom is 0.318 e. The summed E-state index contributed by atoms with van der Waals surface area (Å²) in [5.41, 5.74) is 2.12. The van der Waals surface area contributed by atoms with E-state index in [1.165, 1.54) is 36.2 Å². The standard InChI is InChI=1S/C17H20BrNO4S2/c1-2-3-4-5-6-11-7-8-12-16(15(11)18)19-17(24-12)25-23-14(22)10-9-13(20)21/h7-8H,2-6,9-10H2,1H3,(H,20,21). The molecule has 1 heterocycles. The molecule has 25 heavy (non-hydrogen) atoms. The highest BCUT2D eigenvalue weighted by molar-refractivity contribution is 9.10. The number of halogens is 1. The Kier molecular flexibility index (Phi) is 8.18. The number of hydrogen-bond acceptors (Lipinski definition) is 6. The predicted molar refractivity (Wildman–Crippen MR) is 104 cm³/mol. The van der Waals surface area contributed by atoms with E-state index >= 15 is 0 Å². The topological polar surface area (TPSA) is 76.5 Å². The van der Waals surface area contributed by atoms with E-state index in [0.717, 1.165) is 39.6 Å². The van der Waals surface area contributed by atoms with Gasteiger partial charge in [0.05, 0.1) is 23.1 Å². The van der Waals surface area contributed by atoms with Gasteiger partial charge in [-0.05, 0) is 40.4 Å². The number of aryl methyl sites for hydroxylation is 1. The van der Waals surface area contributed by atoms with Gasteiger partial charge in [-0.3, -0.25) is 9.59 Å². The number of fused-ring (bicyclic) bond motifs is 1. The lowest BCUT2D eigenvalue weighted by Crippen LogP contribution is -2.03. The van der Waals surface area contributed by atoms with Crippen LogP contribution in [0.2, 0.25) is 0 Å². The van der Waals surface area contributed by atoms with Crippen LogP contribution in [0, 0.1) is 0 Å². The first-order chi connectivity index (χ1) is 12.0. The van der Waals surface area contributed by atoms with Gasteiger partial charge in [-0.1, -0.05) is 32.3 Å². The number of unbranched alkanes of at least 4 members (excludes halogenated alkanes) is 3. The van der Waals surface area contributed by atoms with Crippen molar-refractivity contribution in [3.63, 3.8) is 0 Å². The predicted octanol–water partition coefficient (Wildman–Crippen LogP) is 5.60. The summed E-state index contributed by atoms with van der Waals surface area (Å²) in [5, 5.41) is 8.56. The lowest BCUT2D eigenvalue weighted by molar-refractivity contribution is -0.141. The van der Waals surface area contributed by atoms with Crippen molar-refractivity contribution >= 4 is 61.5 Å². The van der Waals surface area contributed by atoms with Crippen LogP contribution in [0.25, 0.3) is 10.2 Å². The Balaban J connectivity index is 1.98. The number of nitrogens with zero attached hydrogens (tertiary/aromatic N) is 1. The molecule has 0 amide bonds. The van der Waals surface area contributed by atoms with Crippen molar-refractivity contribution in [2.75, 3.05) is 0 Å². The van der Waals surface area contributed by atoms with Gasteiger partial charge in [-0.15, -0.1) is 11.3 Å². The molecule has 0 unspecified atom stereocenters. The SMILES string of the molecule is CCCCCCc1ccc2sc(SOC(=O)CCC(=O)O)nc2c1Br. The Morgan fingerprint density at radius 2 is 2.08 bits per heavy atom. The number of aliphatic carboxylic acids is 1. The maximum atomic E-state index is 11.5. The molecule has 0 bridgehead atoms. The zero-order valence-electron chi connectivity index (χ0n) is 13.9. The van der Waals surface area contributed by atoms with Crippen LogP contribution in [0.3, 0.4) is 0 Å². The second-order valence-electron chi connectivity index (χ2n) is 5.61. The molecule has 2 rings (SSSR count). The minimum Gasteiger partial charge on any atom is -0.481 e. The first kappa shape index (κ1) is 20.2. The number of carboxylic acids is 1. The minimum atomic E-state index is -1.02. The molecule has 0 aliphatic heterocycles. The molecule has 2 aromatic rings. The van der Waals surface area contributed by atoms with Crippen LogP contribution in [0.1, 0.15) is 51.0 Å². The summed E-state index contributed by atoms with van der Waals surface area (Å²) in [4.78, 5) is 26.5. The quantitative estimate of drug-likeness (QED) is 0.378. The van der Waals surface area contributed by atoms with Gasteiger partial charge in [0.1, 0.15) is 12.0 Å². The van der Waals surface area contributed by atoms with E-state index in [0.29, 0.717) is 4.34 Å². The maximum absolute atomic E-state index is 11.5. The minimum absolute atomic E-state index is 0.140. The second-order valence-corrected chi connectivity index (χ2v) is 8.41. The molecule has 1 N–H and O–H groups in total. The van der Waals surface area contributed by atoms with Crippen molar-refractivity contribution < 1.29 is 18.9 Å². The van der Waals surface area contributed by atoms with Gasteiger partial charge in [-0.2, -0.15) is 0 Å². The number of aromatic nitrogens is 1. The zero-order chi connectivity index (χ0) is 18.2. The van der Waals surface area contributed by atoms with E-state index in [-0.39, 0.29) is 12.8 Å². The van der Waals surface area contributed by atoms with Gasteiger partial charge in [0.25, 0.3) is 0 Å². The molecular formula is C17H20BrNO4S2. The van der Waals surface area contributed by atoms with Crippen molar-refractivity contribution in [3.05, 3.63) is 22.2 Å². The van der Waals surface area contributed by atoms with Crippen LogP contribution in [0.15, 0.2) is 20.9 Å². The Morgan fingerprint density at radius 3 is 2.80 bits per heavy atom. The second kappa shape index (κ2) is 10.1. The molecular weight excluding hydrogens is 426 g/mol. The summed E-state index contributed by atoms with van der Waals surface area (Å²) >= 11 is 5.98. The van der Waals surface area contributed by atoms with Crippen LogP contribution in [0.4, 0.5) is 0 Å². The normalized spacial score (nSPS) is 11.0. The van der Waals surface area contributed by atoms with Gasteiger partial charge >= 0.3 is 11.9 Å². The van der Waals surface area contributed by atoms with Crippen molar-refractivity contribution in [2.24, 2.45) is 0 Å². The van der Waals surface area contributed by atoms with Crippen LogP contribution < -0.4 is 0 Å². The van der Waals surface area contributed by atoms with Gasteiger partial charge < -0.3 is 9.29 Å². The highest BCUT2D eigenvalue weighted by atomic mass is 79.9. The average molecular weight is 446 g/mol. The molecule has 1 aromatic carbocycles. The fourth-order valence-corrected chi connectivity index (χ4v) is 4.64. The summed E-state index contributed by atoms with van der Waals surface area (Å²) in [6, 6.07) is 4.16. The van der Waals surface area contributed by atoms with E-state index < -0.39 is 11.9 Å². The number of benzene rings is 1. The van der Waals surface area contributed by atoms with Gasteiger partial charge in [-0.25, -0.2) is 4.98 Å². The Bertz CT molecular complexity index is 748. The van der Waals surface area contributed by atoms with Crippen LogP contribution in [-0.4, -0.2) is 22.0 Å². The molecule has 1 aromatic heterocycles. The van der Waals surface area contributed by atoms with Gasteiger partial charge in [0.15, 0.2) is 4.34 Å². The molecule has 5 nitrogen and oxygen atoms in total. The van der Waals surface area contributed by atoms with Crippen molar-refractivity contribution in [1.29, 1.82) is 0 Å². The number of thiazole rings is 1. The van der Waals surface area contributed by atoms with Gasteiger partial charge in [0.2, 0.25) is 0 Å². The third-order valence-corrected chi connectivity index (χ3v) is 6.27. The number of rotatable bonds is 10. The van der Waals surface area contributed by atoms with Gasteiger partial charge in [0, 0.05) is 4.47 Å². The summed E-state index contributed by atoms with van der Waals surface area (Å²) in [7, 11) is 0. The number of carbonyl (C=O) groups is 2. The summed E-state index contributed by atoms with van der Waals surface area (Å²) in [6.45, 7) is 2.20. The van der Waals surface area contributed by atoms with Crippen LogP contribution in [0.5, 0.6) is 0 Å². The zero-order valence-corrected chi connectivity index (χ0v) is 17.1. The molecule has 0 saturated heterocycles. The van der Waals surface area contributed by atoms with E-state index in [1.807, 2.05) is 6.07 Å². The molecule has 0 fully saturated rings. The Hall–Kier alpha value is -1.12. The number of hydrogen-bond donors (Lipinski definition) is 1. The molecule has 0 radical (unpaired) electrons. The summed E-state index contributed by atoms with van der Waals surface area (Å²) in [6.07, 6.45) is 5.50. The monoisotopic (exact) mass is 445 g/mol. The van der Waals surface area contributed by atoms with Crippen LogP contribution >= 0.6 is 39.3 Å². The van der Waals surface area contributed by atoms with Crippen LogP contribution in [-0.2, 0) is 20.2 Å². The third kappa shape index (κ3) is 6.27. The summed E-state index contributed by atoms with van der Waals surface area (Å²) in [5.74, 6) is -1.57. The highest BCUT2D eigenvalue weighted by Crippen LogP contribution is 2.36. The first-order valence-corrected chi connectivity index (χ1v) is 10.5. The molecule has 0 aliphatic rings. The smallest absolute Gasteiger partial charge is 0.318 e. The molecule has 8 heteroatoms. The van der Waals surface area contributed by atoms with E-state index in [2.05, 4.69) is 33.9 Å². The highest BCUT2D eigenvalue weighted by Gasteiger charge is 2.14. The fourth-order valence-electron chi connectivity index (χ4n) is 2.29. The number of carbonyl (C=O) groups excluding carboxylic acids is 1. The van der Waals surface area contributed by atoms with Crippen molar-refractivity contribution in [2.45, 2.75) is 56.2 Å². The Labute approximate surface area is 163 Å². The van der Waals surface area contributed by atoms with E-state index in [9.17, 15) is 9.59 Å². The first-order valence-electron chi connectivity index (χ1n) is 8.18. The molecule has 0 saturated carbocycles. The Morgan fingerprint density at radius 1 is 1.28 bits per heavy atom. The molecule has 0 aliphatic carbocycles. The number of carboxylic acid groups (broad SMARTS) is 1.